The topological polar surface area (TPSA) is 63.6 Å². The third-order valence-corrected chi connectivity index (χ3v) is 2.18. The number of esters is 1. The number of likely N-dealkylation sites (N-methyl/N-ethyl adjacent to an activating group) is 1. The molecule has 5 nitrogen and oxygen atoms in total. The molecule has 0 bridgehead atoms. The normalized spacial score (nSPS) is 23.8. The van der Waals surface area contributed by atoms with E-state index in [4.69, 9.17) is 22.2 Å². The quantitative estimate of drug-likeness (QED) is 0.441. The zero-order valence-electron chi connectivity index (χ0n) is 19.3. The van der Waals surface area contributed by atoms with E-state index in [0.29, 0.717) is 6.42 Å². The smallest absolute Gasteiger partial charge is 0.309 e. The van der Waals surface area contributed by atoms with Gasteiger partial charge in [-0.05, 0) is 6.42 Å². The predicted octanol–water partition coefficient (Wildman–Crippen LogP) is -1.87. The van der Waals surface area contributed by atoms with Crippen LogP contribution in [0, 0.1) is 5.92 Å². The van der Waals surface area contributed by atoms with Crippen LogP contribution in [0.2, 0.25) is 0 Å². The van der Waals surface area contributed by atoms with Crippen LogP contribution < -0.4 is 12.4 Å². The van der Waals surface area contributed by atoms with E-state index in [0.717, 1.165) is 0 Å². The number of carboxylic acid groups (broad SMARTS) is 1. The summed E-state index contributed by atoms with van der Waals surface area (Å²) < 4.78 is 70.3. The van der Waals surface area contributed by atoms with E-state index in [2.05, 4.69) is 0 Å². The van der Waals surface area contributed by atoms with E-state index in [1.165, 1.54) is 6.92 Å². The zero-order chi connectivity index (χ0) is 21.1. The van der Waals surface area contributed by atoms with Crippen molar-refractivity contribution in [3.63, 3.8) is 0 Å². The first-order chi connectivity index (χ1) is 11.4. The van der Waals surface area contributed by atoms with Crippen LogP contribution in [-0.2, 0) is 14.3 Å². The SMILES string of the molecule is [2H]C([2H])([2H])[N+](C[C@@H](CC(=O)O)OC(=O)C(C)CC)(C([2H])([2H])[2H])C([2H])([2H])[2H].[Cl-]. The van der Waals surface area contributed by atoms with Crippen LogP contribution >= 0.6 is 0 Å². The van der Waals surface area contributed by atoms with Crippen LogP contribution in [-0.4, -0.2) is 55.1 Å². The molecular formula is C12H24ClNO4. The maximum atomic E-state index is 12.0. The van der Waals surface area contributed by atoms with Crippen molar-refractivity contribution in [2.45, 2.75) is 32.8 Å². The molecule has 0 spiro atoms. The minimum Gasteiger partial charge on any atom is -1.00 e. The Balaban J connectivity index is 0. The Kier molecular flexibility index (Phi) is 3.56. The summed E-state index contributed by atoms with van der Waals surface area (Å²) in [6.07, 6.45) is -2.32. The van der Waals surface area contributed by atoms with Gasteiger partial charge in [-0.15, -0.1) is 0 Å². The number of hydrogen-bond donors (Lipinski definition) is 1. The highest BCUT2D eigenvalue weighted by atomic mass is 35.5. The van der Waals surface area contributed by atoms with Gasteiger partial charge in [-0.3, -0.25) is 9.59 Å². The van der Waals surface area contributed by atoms with Gasteiger partial charge < -0.3 is 26.7 Å². The molecule has 0 rings (SSSR count). The van der Waals surface area contributed by atoms with Gasteiger partial charge in [-0.1, -0.05) is 13.8 Å². The first-order valence-corrected chi connectivity index (χ1v) is 5.21. The molecule has 0 aromatic heterocycles. The predicted molar refractivity (Wildman–Crippen MR) is 64.5 cm³/mol. The Labute approximate surface area is 128 Å². The first kappa shape index (κ1) is 7.70. The fraction of sp³-hybridized carbons (Fsp3) is 0.833. The molecule has 0 saturated heterocycles. The lowest BCUT2D eigenvalue weighted by molar-refractivity contribution is -0.873. The lowest BCUT2D eigenvalue weighted by atomic mass is 10.1. The third kappa shape index (κ3) is 9.24. The van der Waals surface area contributed by atoms with Crippen molar-refractivity contribution in [1.82, 2.24) is 0 Å². The molecule has 0 radical (unpaired) electrons. The van der Waals surface area contributed by atoms with Crippen LogP contribution in [0.1, 0.15) is 39.0 Å². The summed E-state index contributed by atoms with van der Waals surface area (Å²) in [7, 11) is 0. The summed E-state index contributed by atoms with van der Waals surface area (Å²) >= 11 is 0. The second kappa shape index (κ2) is 8.32. The molecule has 0 aromatic carbocycles. The maximum Gasteiger partial charge on any atom is 0.309 e. The molecule has 0 aliphatic heterocycles. The van der Waals surface area contributed by atoms with Crippen LogP contribution in [0.25, 0.3) is 0 Å². The summed E-state index contributed by atoms with van der Waals surface area (Å²) in [5.41, 5.74) is 0. The van der Waals surface area contributed by atoms with Crippen LogP contribution in [0.15, 0.2) is 0 Å². The van der Waals surface area contributed by atoms with Gasteiger partial charge in [0, 0.05) is 0 Å². The lowest BCUT2D eigenvalue weighted by Gasteiger charge is -2.28. The van der Waals surface area contributed by atoms with Crippen molar-refractivity contribution in [2.24, 2.45) is 5.92 Å². The number of carboxylic acids is 1. The summed E-state index contributed by atoms with van der Waals surface area (Å²) in [4.78, 5) is 23.0. The van der Waals surface area contributed by atoms with Gasteiger partial charge in [0.1, 0.15) is 6.54 Å². The van der Waals surface area contributed by atoms with E-state index < -0.39 is 62.3 Å². The Bertz CT molecular complexity index is 482. The number of aliphatic carboxylic acids is 1. The second-order valence-electron chi connectivity index (χ2n) is 3.96. The van der Waals surface area contributed by atoms with Gasteiger partial charge in [-0.2, -0.15) is 0 Å². The van der Waals surface area contributed by atoms with E-state index >= 15 is 0 Å². The summed E-state index contributed by atoms with van der Waals surface area (Å²) in [6.45, 7) is -8.72. The highest BCUT2D eigenvalue weighted by Crippen LogP contribution is 2.10. The van der Waals surface area contributed by atoms with Gasteiger partial charge in [0.05, 0.1) is 45.6 Å². The fourth-order valence-electron chi connectivity index (χ4n) is 1.09. The number of halogens is 1. The largest absolute Gasteiger partial charge is 1.00 e. The molecule has 6 heteroatoms. The van der Waals surface area contributed by atoms with E-state index in [-0.39, 0.29) is 12.4 Å². The molecule has 0 heterocycles. The number of ether oxygens (including phenoxy) is 1. The van der Waals surface area contributed by atoms with Gasteiger partial charge in [0.15, 0.2) is 6.10 Å². The first-order valence-electron chi connectivity index (χ1n) is 9.71. The molecule has 0 saturated carbocycles. The summed E-state index contributed by atoms with van der Waals surface area (Å²) in [5.74, 6) is -3.01. The molecule has 18 heavy (non-hydrogen) atoms. The van der Waals surface area contributed by atoms with Gasteiger partial charge in [0.25, 0.3) is 0 Å². The van der Waals surface area contributed by atoms with Crippen molar-refractivity contribution in [3.05, 3.63) is 0 Å². The fourth-order valence-corrected chi connectivity index (χ4v) is 1.09. The highest BCUT2D eigenvalue weighted by molar-refractivity contribution is 5.73. The standard InChI is InChI=1S/C12H23NO4.ClH/c1-6-9(2)12(16)17-10(7-11(14)15)8-13(3,4)5;/h9-10H,6-8H2,1-5H3;1H/t9?,10-;/m1./s1/i3D3,4D3,5D3;. The number of nitrogens with zero attached hydrogens (tertiary/aromatic N) is 1. The van der Waals surface area contributed by atoms with E-state index in [9.17, 15) is 9.59 Å². The molecule has 0 aliphatic rings. The van der Waals surface area contributed by atoms with Crippen LogP contribution in [0.4, 0.5) is 0 Å². The number of hydrogen-bond acceptors (Lipinski definition) is 3. The Morgan fingerprint density at radius 2 is 1.94 bits per heavy atom. The summed E-state index contributed by atoms with van der Waals surface area (Å²) in [5, 5.41) is 8.98. The molecule has 108 valence electrons. The molecular weight excluding hydrogens is 258 g/mol. The monoisotopic (exact) mass is 290 g/mol. The van der Waals surface area contributed by atoms with Crippen molar-refractivity contribution >= 4 is 11.9 Å². The van der Waals surface area contributed by atoms with Crippen molar-refractivity contribution in [3.8, 4) is 0 Å². The number of carbonyl (C=O) groups is 2. The van der Waals surface area contributed by atoms with Gasteiger partial charge in [-0.25, -0.2) is 0 Å². The average Bonchev–Trinajstić information content (AvgIpc) is 2.38. The summed E-state index contributed by atoms with van der Waals surface area (Å²) in [6, 6.07) is 0. The maximum absolute atomic E-state index is 12.0. The third-order valence-electron chi connectivity index (χ3n) is 2.18. The minimum atomic E-state index is -3.55. The molecule has 0 aromatic rings. The van der Waals surface area contributed by atoms with Crippen LogP contribution in [0.5, 0.6) is 0 Å². The van der Waals surface area contributed by atoms with Crippen molar-refractivity contribution in [2.75, 3.05) is 27.5 Å². The number of carbonyl (C=O) groups excluding carboxylic acids is 1. The Morgan fingerprint density at radius 1 is 1.39 bits per heavy atom. The lowest BCUT2D eigenvalue weighted by Crippen LogP contribution is -3.00. The highest BCUT2D eigenvalue weighted by Gasteiger charge is 2.26. The van der Waals surface area contributed by atoms with Crippen molar-refractivity contribution < 1.29 is 48.7 Å². The van der Waals surface area contributed by atoms with Gasteiger partial charge in [0.2, 0.25) is 0 Å². The minimum absolute atomic E-state index is 0. The molecule has 0 fully saturated rings. The van der Waals surface area contributed by atoms with Crippen LogP contribution in [0.3, 0.4) is 0 Å². The molecule has 2 atom stereocenters. The second-order valence-corrected chi connectivity index (χ2v) is 3.96. The van der Waals surface area contributed by atoms with E-state index in [1.54, 1.807) is 6.92 Å². The van der Waals surface area contributed by atoms with Crippen molar-refractivity contribution in [1.29, 1.82) is 0 Å². The average molecular weight is 291 g/mol. The molecule has 1 N–H and O–H groups in total. The molecule has 1 unspecified atom stereocenters. The zero-order valence-corrected chi connectivity index (χ0v) is 11.0. The Hall–Kier alpha value is -0.810. The van der Waals surface area contributed by atoms with Gasteiger partial charge >= 0.3 is 11.9 Å². The molecule has 0 aliphatic carbocycles. The number of quaternary nitrogens is 1. The Morgan fingerprint density at radius 3 is 2.33 bits per heavy atom. The molecule has 0 amide bonds. The number of rotatable bonds is 7. The van der Waals surface area contributed by atoms with E-state index in [1.807, 2.05) is 0 Å².